The minimum Gasteiger partial charge on any atom is -0.309 e. The van der Waals surface area contributed by atoms with E-state index in [1.165, 1.54) is 65.6 Å². The molecular formula is C55H36N2. The smallest absolute Gasteiger partial charge is 0.0715 e. The largest absolute Gasteiger partial charge is 0.309 e. The number of hydrogen-bond acceptors (Lipinski definition) is 1. The number of aromatic nitrogens is 2. The Labute approximate surface area is 331 Å². The highest BCUT2D eigenvalue weighted by Gasteiger charge is 2.13. The molecular weight excluding hydrogens is 689 g/mol. The van der Waals surface area contributed by atoms with Crippen LogP contribution in [-0.4, -0.2) is 9.55 Å². The molecule has 0 unspecified atom stereocenters. The number of para-hydroxylation sites is 2. The zero-order chi connectivity index (χ0) is 37.7. The molecule has 57 heavy (non-hydrogen) atoms. The summed E-state index contributed by atoms with van der Waals surface area (Å²) in [5.74, 6) is 0. The van der Waals surface area contributed by atoms with Gasteiger partial charge in [0.1, 0.15) is 0 Å². The van der Waals surface area contributed by atoms with E-state index in [9.17, 15) is 0 Å². The van der Waals surface area contributed by atoms with Gasteiger partial charge in [0.2, 0.25) is 0 Å². The Balaban J connectivity index is 0.931. The molecule has 0 N–H and O–H groups in total. The van der Waals surface area contributed by atoms with E-state index < -0.39 is 0 Å². The van der Waals surface area contributed by atoms with Gasteiger partial charge in [-0.2, -0.15) is 0 Å². The molecule has 0 amide bonds. The molecule has 9 aromatic carbocycles. The molecule has 2 heterocycles. The number of hydrogen-bond donors (Lipinski definition) is 0. The van der Waals surface area contributed by atoms with E-state index in [-0.39, 0.29) is 0 Å². The van der Waals surface area contributed by atoms with E-state index in [1.807, 2.05) is 0 Å². The van der Waals surface area contributed by atoms with Crippen molar-refractivity contribution in [3.05, 3.63) is 218 Å². The second-order valence-electron chi connectivity index (χ2n) is 14.8. The fraction of sp³-hybridized carbons (Fsp3) is 0. The molecule has 11 aromatic rings. The third-order valence-corrected chi connectivity index (χ3v) is 11.4. The molecule has 11 rings (SSSR count). The highest BCUT2D eigenvalue weighted by molar-refractivity contribution is 6.09. The molecule has 2 heteroatoms. The fourth-order valence-electron chi connectivity index (χ4n) is 8.43. The van der Waals surface area contributed by atoms with Crippen molar-refractivity contribution in [3.8, 4) is 61.6 Å². The maximum atomic E-state index is 5.26. The third-order valence-electron chi connectivity index (χ3n) is 11.4. The number of rotatable bonds is 6. The summed E-state index contributed by atoms with van der Waals surface area (Å²) in [7, 11) is 0. The van der Waals surface area contributed by atoms with E-state index in [2.05, 4.69) is 223 Å². The minimum atomic E-state index is 0.961. The molecule has 0 fully saturated rings. The van der Waals surface area contributed by atoms with Crippen LogP contribution in [0.4, 0.5) is 0 Å². The molecule has 0 radical (unpaired) electrons. The lowest BCUT2D eigenvalue weighted by Crippen LogP contribution is -1.93. The Hall–Kier alpha value is -7.55. The Morgan fingerprint density at radius 2 is 0.684 bits per heavy atom. The molecule has 0 atom stereocenters. The van der Waals surface area contributed by atoms with Crippen LogP contribution in [0.2, 0.25) is 0 Å². The average molecular weight is 725 g/mol. The van der Waals surface area contributed by atoms with E-state index >= 15 is 0 Å². The Bertz CT molecular complexity index is 3130. The van der Waals surface area contributed by atoms with Gasteiger partial charge in [-0.15, -0.1) is 0 Å². The Morgan fingerprint density at radius 3 is 1.21 bits per heavy atom. The minimum absolute atomic E-state index is 0.961. The van der Waals surface area contributed by atoms with Gasteiger partial charge in [0.25, 0.3) is 0 Å². The highest BCUT2D eigenvalue weighted by atomic mass is 15.0. The first kappa shape index (κ1) is 32.8. The molecule has 2 aromatic heterocycles. The van der Waals surface area contributed by atoms with Crippen molar-refractivity contribution in [1.29, 1.82) is 0 Å². The Morgan fingerprint density at radius 1 is 0.263 bits per heavy atom. The van der Waals surface area contributed by atoms with E-state index in [0.717, 1.165) is 39.3 Å². The summed E-state index contributed by atoms with van der Waals surface area (Å²) in [5, 5.41) is 7.41. The number of fused-ring (bicyclic) bond motifs is 5. The van der Waals surface area contributed by atoms with Crippen LogP contribution in [0.5, 0.6) is 0 Å². The lowest BCUT2D eigenvalue weighted by molar-refractivity contribution is 1.18. The topological polar surface area (TPSA) is 17.8 Å². The van der Waals surface area contributed by atoms with Crippen molar-refractivity contribution >= 4 is 43.4 Å². The van der Waals surface area contributed by atoms with Crippen molar-refractivity contribution in [1.82, 2.24) is 9.55 Å². The van der Waals surface area contributed by atoms with Gasteiger partial charge >= 0.3 is 0 Å². The molecule has 0 bridgehead atoms. The summed E-state index contributed by atoms with van der Waals surface area (Å²) in [6.07, 6.45) is 0. The van der Waals surface area contributed by atoms with Crippen LogP contribution < -0.4 is 0 Å². The van der Waals surface area contributed by atoms with E-state index in [1.54, 1.807) is 0 Å². The van der Waals surface area contributed by atoms with Crippen LogP contribution in [0.15, 0.2) is 218 Å². The van der Waals surface area contributed by atoms with Crippen molar-refractivity contribution in [2.24, 2.45) is 0 Å². The first-order valence-corrected chi connectivity index (χ1v) is 19.5. The average Bonchev–Trinajstić information content (AvgIpc) is 3.63. The molecule has 0 spiro atoms. The monoisotopic (exact) mass is 724 g/mol. The van der Waals surface area contributed by atoms with Crippen molar-refractivity contribution in [3.63, 3.8) is 0 Å². The predicted octanol–water partition coefficient (Wildman–Crippen LogP) is 14.8. The SMILES string of the molecule is c1cc(-c2ccc(-c3cc(-c4ccc5ccccc5c4)nc(-c4ccc5ccccc5c4)c3)cc2)cc(-c2ccc(-n3c4ccccc4c4ccccc43)cc2)c1. The molecule has 0 aliphatic rings. The molecule has 266 valence electrons. The summed E-state index contributed by atoms with van der Waals surface area (Å²) < 4.78 is 2.37. The quantitative estimate of drug-likeness (QED) is 0.167. The first-order valence-electron chi connectivity index (χ1n) is 19.5. The van der Waals surface area contributed by atoms with Crippen molar-refractivity contribution in [2.45, 2.75) is 0 Å². The second-order valence-corrected chi connectivity index (χ2v) is 14.8. The first-order chi connectivity index (χ1) is 28.2. The van der Waals surface area contributed by atoms with Gasteiger partial charge < -0.3 is 4.57 Å². The molecule has 0 saturated carbocycles. The van der Waals surface area contributed by atoms with E-state index in [4.69, 9.17) is 4.98 Å². The lowest BCUT2D eigenvalue weighted by atomic mass is 9.95. The van der Waals surface area contributed by atoms with Crippen LogP contribution in [0.1, 0.15) is 0 Å². The van der Waals surface area contributed by atoms with Gasteiger partial charge in [-0.25, -0.2) is 4.98 Å². The standard InChI is InChI=1S/C55H36N2/c1-3-12-42-33-46(26-24-37(42)10-1)52-35-48(36-53(56-52)47-27-25-38-11-2-4-13-43(38)34-47)41-22-20-39(21-23-41)44-14-9-15-45(32-44)40-28-30-49(31-29-40)57-54-18-7-5-16-50(54)51-17-6-8-19-55(51)57/h1-36H. The maximum absolute atomic E-state index is 5.26. The maximum Gasteiger partial charge on any atom is 0.0715 e. The van der Waals surface area contributed by atoms with E-state index in [0.29, 0.717) is 0 Å². The molecule has 0 aliphatic heterocycles. The van der Waals surface area contributed by atoms with Gasteiger partial charge in [-0.3, -0.25) is 0 Å². The summed E-state index contributed by atoms with van der Waals surface area (Å²) in [5.41, 5.74) is 14.8. The third kappa shape index (κ3) is 5.96. The Kier molecular flexibility index (Phi) is 7.86. The number of pyridine rings is 1. The number of benzene rings is 9. The summed E-state index contributed by atoms with van der Waals surface area (Å²) >= 11 is 0. The number of nitrogens with zero attached hydrogens (tertiary/aromatic N) is 2. The summed E-state index contributed by atoms with van der Waals surface area (Å²) in [4.78, 5) is 5.26. The van der Waals surface area contributed by atoms with Crippen LogP contribution in [0, 0.1) is 0 Å². The zero-order valence-corrected chi connectivity index (χ0v) is 31.2. The summed E-state index contributed by atoms with van der Waals surface area (Å²) in [6, 6.07) is 78.8. The lowest BCUT2D eigenvalue weighted by Gasteiger charge is -2.13. The predicted molar refractivity (Wildman–Crippen MR) is 241 cm³/mol. The van der Waals surface area contributed by atoms with Crippen LogP contribution in [-0.2, 0) is 0 Å². The zero-order valence-electron chi connectivity index (χ0n) is 31.2. The molecule has 0 aliphatic carbocycles. The van der Waals surface area contributed by atoms with Gasteiger partial charge in [0, 0.05) is 27.6 Å². The molecule has 0 saturated heterocycles. The van der Waals surface area contributed by atoms with Gasteiger partial charge in [0.05, 0.1) is 22.4 Å². The highest BCUT2D eigenvalue weighted by Crippen LogP contribution is 2.36. The normalized spacial score (nSPS) is 11.5. The van der Waals surface area contributed by atoms with Gasteiger partial charge in [-0.1, -0.05) is 164 Å². The summed E-state index contributed by atoms with van der Waals surface area (Å²) in [6.45, 7) is 0. The van der Waals surface area contributed by atoms with Gasteiger partial charge in [-0.05, 0) is 110 Å². The van der Waals surface area contributed by atoms with Crippen LogP contribution in [0.25, 0.3) is 105 Å². The van der Waals surface area contributed by atoms with Gasteiger partial charge in [0.15, 0.2) is 0 Å². The van der Waals surface area contributed by atoms with Crippen molar-refractivity contribution < 1.29 is 0 Å². The fourth-order valence-corrected chi connectivity index (χ4v) is 8.43. The van der Waals surface area contributed by atoms with Crippen LogP contribution in [0.3, 0.4) is 0 Å². The van der Waals surface area contributed by atoms with Crippen molar-refractivity contribution in [2.75, 3.05) is 0 Å². The van der Waals surface area contributed by atoms with Crippen LogP contribution >= 0.6 is 0 Å². The molecule has 2 nitrogen and oxygen atoms in total. The second kappa shape index (κ2) is 13.6.